The maximum Gasteiger partial charge on any atom is 0.278 e. The van der Waals surface area contributed by atoms with Gasteiger partial charge < -0.3 is 14.7 Å². The standard InChI is InChI=1S/C23H18N6O2/c30-23(20-21(14-8-9-14)29(28-27-20)16-5-2-1-3-6-16)24-15-10-11-17-18(13-15)26-22(25-17)19-7-4-12-31-19/h1-7,10-14H,8-9H2,(H,24,30)(H,25,26). The van der Waals surface area contributed by atoms with Gasteiger partial charge in [0.2, 0.25) is 0 Å². The molecule has 0 aliphatic heterocycles. The summed E-state index contributed by atoms with van der Waals surface area (Å²) in [5.74, 6) is 1.34. The van der Waals surface area contributed by atoms with Gasteiger partial charge in [0, 0.05) is 11.6 Å². The molecule has 31 heavy (non-hydrogen) atoms. The van der Waals surface area contributed by atoms with Crippen molar-refractivity contribution in [1.82, 2.24) is 25.0 Å². The van der Waals surface area contributed by atoms with E-state index in [1.807, 2.05) is 60.7 Å². The van der Waals surface area contributed by atoms with Gasteiger partial charge in [-0.1, -0.05) is 23.4 Å². The van der Waals surface area contributed by atoms with Crippen molar-refractivity contribution in [3.63, 3.8) is 0 Å². The van der Waals surface area contributed by atoms with E-state index in [1.165, 1.54) is 0 Å². The summed E-state index contributed by atoms with van der Waals surface area (Å²) in [5, 5.41) is 11.4. The Balaban J connectivity index is 1.31. The van der Waals surface area contributed by atoms with E-state index >= 15 is 0 Å². The fourth-order valence-corrected chi connectivity index (χ4v) is 3.74. The molecule has 0 bridgehead atoms. The fourth-order valence-electron chi connectivity index (χ4n) is 3.74. The number of benzene rings is 2. The molecule has 8 heteroatoms. The lowest BCUT2D eigenvalue weighted by atomic mass is 10.2. The molecule has 0 spiro atoms. The highest BCUT2D eigenvalue weighted by Crippen LogP contribution is 2.42. The van der Waals surface area contributed by atoms with Gasteiger partial charge in [0.1, 0.15) is 0 Å². The van der Waals surface area contributed by atoms with Crippen molar-refractivity contribution in [1.29, 1.82) is 0 Å². The van der Waals surface area contributed by atoms with Crippen molar-refractivity contribution in [2.45, 2.75) is 18.8 Å². The summed E-state index contributed by atoms with van der Waals surface area (Å²) < 4.78 is 7.18. The van der Waals surface area contributed by atoms with Gasteiger partial charge in [0.15, 0.2) is 17.3 Å². The molecule has 8 nitrogen and oxygen atoms in total. The van der Waals surface area contributed by atoms with Gasteiger partial charge in [0.25, 0.3) is 5.91 Å². The Morgan fingerprint density at radius 1 is 1.10 bits per heavy atom. The SMILES string of the molecule is O=C(Nc1ccc2nc(-c3ccco3)[nH]c2c1)c1nnn(-c2ccccc2)c1C1CC1. The number of hydrogen-bond donors (Lipinski definition) is 2. The van der Waals surface area contributed by atoms with E-state index in [-0.39, 0.29) is 5.91 Å². The number of H-pyrrole nitrogens is 1. The van der Waals surface area contributed by atoms with Crippen LogP contribution in [0.5, 0.6) is 0 Å². The van der Waals surface area contributed by atoms with E-state index in [0.717, 1.165) is 35.3 Å². The second kappa shape index (κ2) is 6.94. The van der Waals surface area contributed by atoms with Crippen LogP contribution in [0.25, 0.3) is 28.3 Å². The maximum atomic E-state index is 13.1. The van der Waals surface area contributed by atoms with Crippen LogP contribution in [0, 0.1) is 0 Å². The van der Waals surface area contributed by atoms with E-state index in [4.69, 9.17) is 4.42 Å². The van der Waals surface area contributed by atoms with Gasteiger partial charge >= 0.3 is 0 Å². The third-order valence-electron chi connectivity index (χ3n) is 5.38. The molecular weight excluding hydrogens is 392 g/mol. The van der Waals surface area contributed by atoms with E-state index in [0.29, 0.717) is 28.9 Å². The quantitative estimate of drug-likeness (QED) is 0.443. The second-order valence-corrected chi connectivity index (χ2v) is 7.59. The van der Waals surface area contributed by atoms with Crippen molar-refractivity contribution in [3.8, 4) is 17.3 Å². The molecule has 0 unspecified atom stereocenters. The molecule has 0 atom stereocenters. The van der Waals surface area contributed by atoms with Crippen molar-refractivity contribution in [3.05, 3.63) is 78.3 Å². The van der Waals surface area contributed by atoms with Crippen LogP contribution in [-0.2, 0) is 0 Å². The number of aromatic amines is 1. The molecule has 3 heterocycles. The lowest BCUT2D eigenvalue weighted by Crippen LogP contribution is -2.15. The minimum absolute atomic E-state index is 0.269. The molecule has 152 valence electrons. The highest BCUT2D eigenvalue weighted by Gasteiger charge is 2.34. The van der Waals surface area contributed by atoms with Crippen LogP contribution in [0.2, 0.25) is 0 Å². The number of carbonyl (C=O) groups is 1. The lowest BCUT2D eigenvalue weighted by molar-refractivity contribution is 0.102. The molecule has 1 aliphatic rings. The van der Waals surface area contributed by atoms with Gasteiger partial charge in [-0.25, -0.2) is 9.67 Å². The van der Waals surface area contributed by atoms with Crippen LogP contribution in [-0.4, -0.2) is 30.9 Å². The molecule has 3 aromatic heterocycles. The number of fused-ring (bicyclic) bond motifs is 1. The predicted molar refractivity (Wildman–Crippen MR) is 115 cm³/mol. The Kier molecular flexibility index (Phi) is 3.95. The van der Waals surface area contributed by atoms with Gasteiger partial charge in [-0.2, -0.15) is 0 Å². The third kappa shape index (κ3) is 3.18. The number of carbonyl (C=O) groups excluding carboxylic acids is 1. The summed E-state index contributed by atoms with van der Waals surface area (Å²) in [7, 11) is 0. The fraction of sp³-hybridized carbons (Fsp3) is 0.130. The summed E-state index contributed by atoms with van der Waals surface area (Å²) in [6, 6.07) is 19.0. The van der Waals surface area contributed by atoms with Crippen LogP contribution in [0.15, 0.2) is 71.3 Å². The van der Waals surface area contributed by atoms with Crippen molar-refractivity contribution >= 4 is 22.6 Å². The van der Waals surface area contributed by atoms with Gasteiger partial charge in [-0.3, -0.25) is 4.79 Å². The molecule has 1 aliphatic carbocycles. The first kappa shape index (κ1) is 17.6. The average Bonchev–Trinajstić information content (AvgIpc) is 3.21. The zero-order chi connectivity index (χ0) is 20.8. The van der Waals surface area contributed by atoms with Gasteiger partial charge in [-0.05, 0) is 55.3 Å². The highest BCUT2D eigenvalue weighted by molar-refractivity contribution is 6.04. The number of nitrogens with zero attached hydrogens (tertiary/aromatic N) is 4. The summed E-state index contributed by atoms with van der Waals surface area (Å²) in [6.45, 7) is 0. The number of imidazole rings is 1. The number of hydrogen-bond acceptors (Lipinski definition) is 5. The second-order valence-electron chi connectivity index (χ2n) is 7.59. The first-order chi connectivity index (χ1) is 15.3. The van der Waals surface area contributed by atoms with Crippen LogP contribution < -0.4 is 5.32 Å². The van der Waals surface area contributed by atoms with E-state index in [1.54, 1.807) is 10.9 Å². The Morgan fingerprint density at radius 3 is 2.74 bits per heavy atom. The summed E-state index contributed by atoms with van der Waals surface area (Å²) in [4.78, 5) is 20.8. The third-order valence-corrected chi connectivity index (χ3v) is 5.38. The predicted octanol–water partition coefficient (Wildman–Crippen LogP) is 4.53. The van der Waals surface area contributed by atoms with Gasteiger partial charge in [-0.15, -0.1) is 5.10 Å². The molecule has 1 amide bonds. The van der Waals surface area contributed by atoms with E-state index in [9.17, 15) is 4.79 Å². The molecule has 0 radical (unpaired) electrons. The number of nitrogens with one attached hydrogen (secondary N) is 2. The van der Waals surface area contributed by atoms with Crippen molar-refractivity contribution < 1.29 is 9.21 Å². The highest BCUT2D eigenvalue weighted by atomic mass is 16.3. The molecule has 6 rings (SSSR count). The Labute approximate surface area is 176 Å². The normalized spacial score (nSPS) is 13.5. The number of anilines is 1. The number of rotatable bonds is 5. The largest absolute Gasteiger partial charge is 0.461 e. The van der Waals surface area contributed by atoms with Crippen molar-refractivity contribution in [2.75, 3.05) is 5.32 Å². The van der Waals surface area contributed by atoms with Crippen LogP contribution in [0.4, 0.5) is 5.69 Å². The van der Waals surface area contributed by atoms with E-state index < -0.39 is 0 Å². The molecule has 0 saturated heterocycles. The Bertz CT molecular complexity index is 1380. The summed E-state index contributed by atoms with van der Waals surface area (Å²) >= 11 is 0. The number of para-hydroxylation sites is 1. The number of furan rings is 1. The maximum absolute atomic E-state index is 13.1. The molecular formula is C23H18N6O2. The molecule has 1 fully saturated rings. The van der Waals surface area contributed by atoms with Crippen LogP contribution in [0.1, 0.15) is 34.9 Å². The number of amides is 1. The minimum atomic E-state index is -0.269. The topological polar surface area (TPSA) is 102 Å². The Morgan fingerprint density at radius 2 is 1.97 bits per heavy atom. The summed E-state index contributed by atoms with van der Waals surface area (Å²) in [6.07, 6.45) is 3.68. The molecule has 2 aromatic carbocycles. The number of aromatic nitrogens is 5. The first-order valence-corrected chi connectivity index (χ1v) is 10.1. The first-order valence-electron chi connectivity index (χ1n) is 10.1. The smallest absolute Gasteiger partial charge is 0.278 e. The molecule has 2 N–H and O–H groups in total. The van der Waals surface area contributed by atoms with Crippen molar-refractivity contribution in [2.24, 2.45) is 0 Å². The zero-order valence-corrected chi connectivity index (χ0v) is 16.4. The lowest BCUT2D eigenvalue weighted by Gasteiger charge is -2.07. The van der Waals surface area contributed by atoms with E-state index in [2.05, 4.69) is 25.6 Å². The van der Waals surface area contributed by atoms with Crippen LogP contribution >= 0.6 is 0 Å². The van der Waals surface area contributed by atoms with Gasteiger partial charge in [0.05, 0.1) is 28.7 Å². The Hall–Kier alpha value is -4.20. The summed E-state index contributed by atoms with van der Waals surface area (Å²) in [5.41, 5.74) is 4.39. The molecule has 1 saturated carbocycles. The molecule has 5 aromatic rings. The monoisotopic (exact) mass is 410 g/mol. The average molecular weight is 410 g/mol. The zero-order valence-electron chi connectivity index (χ0n) is 16.4. The van der Waals surface area contributed by atoms with Crippen LogP contribution in [0.3, 0.4) is 0 Å². The minimum Gasteiger partial charge on any atom is -0.461 e.